The Morgan fingerprint density at radius 2 is 1.81 bits per heavy atom. The van der Waals surface area contributed by atoms with E-state index in [4.69, 9.17) is 14.5 Å². The number of ether oxygens (including phenoxy) is 2. The molecule has 12 heteroatoms. The van der Waals surface area contributed by atoms with Gasteiger partial charge in [-0.1, -0.05) is 26.1 Å². The number of halogens is 1. The number of methoxy groups -OCH3 is 1. The van der Waals surface area contributed by atoms with Gasteiger partial charge in [0.05, 0.1) is 54.1 Å². The first-order valence-corrected chi connectivity index (χ1v) is 16.6. The lowest BCUT2D eigenvalue weighted by atomic mass is 10.0. The van der Waals surface area contributed by atoms with E-state index in [1.54, 1.807) is 18.0 Å². The third-order valence-electron chi connectivity index (χ3n) is 7.12. The fraction of sp³-hybridized carbons (Fsp3) is 0.267. The molecule has 0 bridgehead atoms. The van der Waals surface area contributed by atoms with Crippen LogP contribution < -0.4 is 25.6 Å². The van der Waals surface area contributed by atoms with Crippen molar-refractivity contribution >= 4 is 68.9 Å². The van der Waals surface area contributed by atoms with Crippen LogP contribution >= 0.6 is 23.9 Å². The van der Waals surface area contributed by atoms with Gasteiger partial charge in [0.1, 0.15) is 11.6 Å². The van der Waals surface area contributed by atoms with Crippen LogP contribution in [0.4, 0.5) is 28.8 Å². The zero-order valence-electron chi connectivity index (χ0n) is 23.9. The molecule has 216 valence electrons. The molecule has 6 rings (SSSR count). The maximum atomic E-state index is 5.85. The maximum Gasteiger partial charge on any atom is 0.229 e. The van der Waals surface area contributed by atoms with Gasteiger partial charge in [-0.15, -0.1) is 0 Å². The first kappa shape index (κ1) is 28.3. The van der Waals surface area contributed by atoms with E-state index in [2.05, 4.69) is 84.1 Å². The number of para-hydroxylation sites is 1. The van der Waals surface area contributed by atoms with Crippen LogP contribution in [0.15, 0.2) is 65.7 Å². The summed E-state index contributed by atoms with van der Waals surface area (Å²) in [5, 5.41) is 13.7. The summed E-state index contributed by atoms with van der Waals surface area (Å²) in [5.41, 5.74) is 5.78. The number of benzene rings is 2. The molecule has 0 saturated carbocycles. The summed E-state index contributed by atoms with van der Waals surface area (Å²) in [6.45, 7) is 7.47. The van der Waals surface area contributed by atoms with E-state index < -0.39 is 7.92 Å². The summed E-state index contributed by atoms with van der Waals surface area (Å²) in [7, 11) is 3.17. The fourth-order valence-corrected chi connectivity index (χ4v) is 6.71. The van der Waals surface area contributed by atoms with Crippen molar-refractivity contribution in [3.63, 3.8) is 0 Å². The van der Waals surface area contributed by atoms with E-state index in [1.807, 2.05) is 37.8 Å². The zero-order chi connectivity index (χ0) is 29.2. The Morgan fingerprint density at radius 3 is 2.55 bits per heavy atom. The highest BCUT2D eigenvalue weighted by atomic mass is 79.9. The summed E-state index contributed by atoms with van der Waals surface area (Å²) in [5.74, 6) is 1.76. The number of pyridine rings is 1. The Labute approximate surface area is 254 Å². The number of anilines is 5. The van der Waals surface area contributed by atoms with Crippen molar-refractivity contribution in [2.45, 2.75) is 0 Å². The molecular weight excluding hydrogens is 615 g/mol. The third-order valence-corrected chi connectivity index (χ3v) is 9.08. The molecule has 0 amide bonds. The van der Waals surface area contributed by atoms with Crippen molar-refractivity contribution in [3.05, 3.63) is 65.7 Å². The summed E-state index contributed by atoms with van der Waals surface area (Å²) in [6, 6.07) is 12.4. The number of morpholine rings is 1. The number of hydrogen-bond donors (Lipinski definition) is 2. The molecule has 10 nitrogen and oxygen atoms in total. The third kappa shape index (κ3) is 5.77. The second-order valence-electron chi connectivity index (χ2n) is 10.1. The van der Waals surface area contributed by atoms with Crippen LogP contribution in [-0.2, 0) is 11.8 Å². The minimum absolute atomic E-state index is 0.421. The SMILES string of the molecule is COc1cc(N2CCOCC2)c(-c2cnn(C)c2)cc1Nc1ncc(Br)c(Nc2cnc3ccccc3c2P(C)C)n1. The van der Waals surface area contributed by atoms with Crippen molar-refractivity contribution < 1.29 is 9.47 Å². The van der Waals surface area contributed by atoms with Crippen LogP contribution in [0.2, 0.25) is 0 Å². The average molecular weight is 648 g/mol. The van der Waals surface area contributed by atoms with Gasteiger partial charge >= 0.3 is 0 Å². The molecular formula is C30H32BrN8O2P. The van der Waals surface area contributed by atoms with Crippen LogP contribution in [0, 0.1) is 0 Å². The quantitative estimate of drug-likeness (QED) is 0.200. The van der Waals surface area contributed by atoms with Gasteiger partial charge in [-0.2, -0.15) is 10.1 Å². The lowest BCUT2D eigenvalue weighted by Gasteiger charge is -2.31. The monoisotopic (exact) mass is 646 g/mol. The Bertz CT molecular complexity index is 1740. The predicted octanol–water partition coefficient (Wildman–Crippen LogP) is 5.89. The number of nitrogens with one attached hydrogen (secondary N) is 2. The Hall–Kier alpha value is -3.79. The molecule has 0 aliphatic carbocycles. The lowest BCUT2D eigenvalue weighted by molar-refractivity contribution is 0.122. The molecule has 0 atom stereocenters. The summed E-state index contributed by atoms with van der Waals surface area (Å²) < 4.78 is 14.0. The van der Waals surface area contributed by atoms with E-state index >= 15 is 0 Å². The molecule has 0 radical (unpaired) electrons. The number of hydrogen-bond acceptors (Lipinski definition) is 9. The molecule has 2 N–H and O–H groups in total. The van der Waals surface area contributed by atoms with Crippen molar-refractivity contribution in [2.24, 2.45) is 7.05 Å². The van der Waals surface area contributed by atoms with Gasteiger partial charge in [-0.3, -0.25) is 9.67 Å². The normalized spacial score (nSPS) is 13.5. The highest BCUT2D eigenvalue weighted by Gasteiger charge is 2.21. The first-order valence-electron chi connectivity index (χ1n) is 13.6. The molecule has 1 fully saturated rings. The number of fused-ring (bicyclic) bond motifs is 1. The molecule has 42 heavy (non-hydrogen) atoms. The van der Waals surface area contributed by atoms with Gasteiger partial charge in [0.15, 0.2) is 0 Å². The molecule has 2 aromatic carbocycles. The Morgan fingerprint density at radius 1 is 1.00 bits per heavy atom. The summed E-state index contributed by atoms with van der Waals surface area (Å²) >= 11 is 3.63. The van der Waals surface area contributed by atoms with E-state index in [-0.39, 0.29) is 0 Å². The van der Waals surface area contributed by atoms with Crippen molar-refractivity contribution in [2.75, 3.05) is 62.3 Å². The molecule has 5 aromatic rings. The van der Waals surface area contributed by atoms with Gasteiger partial charge in [0, 0.05) is 66.1 Å². The van der Waals surface area contributed by atoms with E-state index in [1.165, 1.54) is 5.30 Å². The Kier molecular flexibility index (Phi) is 8.24. The second-order valence-corrected chi connectivity index (χ2v) is 13.2. The summed E-state index contributed by atoms with van der Waals surface area (Å²) in [4.78, 5) is 16.4. The highest BCUT2D eigenvalue weighted by Crippen LogP contribution is 2.41. The van der Waals surface area contributed by atoms with Gasteiger partial charge in [0.25, 0.3) is 0 Å². The standard InChI is InChI=1S/C30H32BrN8O2P/c1-38-18-19(15-34-38)21-13-24(27(40-2)14-26(21)39-9-11-41-12-10-39)36-30-33-16-22(31)29(37-30)35-25-17-32-23-8-6-5-7-20(23)28(25)42(3)4/h5-8,13-18H,9-12H2,1-4H3,(H2,33,35,36,37). The molecule has 0 spiro atoms. The van der Waals surface area contributed by atoms with Crippen molar-refractivity contribution in [3.8, 4) is 16.9 Å². The molecule has 1 aliphatic heterocycles. The van der Waals surface area contributed by atoms with Gasteiger partial charge in [0.2, 0.25) is 5.95 Å². The van der Waals surface area contributed by atoms with Crippen LogP contribution in [0.3, 0.4) is 0 Å². The molecule has 4 heterocycles. The Balaban J connectivity index is 1.37. The van der Waals surface area contributed by atoms with Crippen molar-refractivity contribution in [1.29, 1.82) is 0 Å². The predicted molar refractivity (Wildman–Crippen MR) is 175 cm³/mol. The van der Waals surface area contributed by atoms with Gasteiger partial charge in [-0.25, -0.2) is 4.98 Å². The van der Waals surface area contributed by atoms with Crippen LogP contribution in [0.5, 0.6) is 5.75 Å². The van der Waals surface area contributed by atoms with E-state index in [9.17, 15) is 0 Å². The topological polar surface area (TPSA) is 102 Å². The fourth-order valence-electron chi connectivity index (χ4n) is 5.16. The van der Waals surface area contributed by atoms with Crippen molar-refractivity contribution in [1.82, 2.24) is 24.7 Å². The molecule has 0 unspecified atom stereocenters. The maximum absolute atomic E-state index is 5.85. The number of rotatable bonds is 8. The van der Waals surface area contributed by atoms with E-state index in [0.29, 0.717) is 30.7 Å². The first-order chi connectivity index (χ1) is 20.4. The number of nitrogens with zero attached hydrogens (tertiary/aromatic N) is 6. The van der Waals surface area contributed by atoms with Gasteiger partial charge < -0.3 is 25.0 Å². The lowest BCUT2D eigenvalue weighted by Crippen LogP contribution is -2.36. The molecule has 1 aliphatic rings. The summed E-state index contributed by atoms with van der Waals surface area (Å²) in [6.07, 6.45) is 7.51. The number of aryl methyl sites for hydroxylation is 1. The smallest absolute Gasteiger partial charge is 0.229 e. The van der Waals surface area contributed by atoms with E-state index in [0.717, 1.165) is 56.7 Å². The number of aromatic nitrogens is 5. The largest absolute Gasteiger partial charge is 0.494 e. The minimum Gasteiger partial charge on any atom is -0.494 e. The highest BCUT2D eigenvalue weighted by molar-refractivity contribution is 9.10. The van der Waals surface area contributed by atoms with Crippen LogP contribution in [0.25, 0.3) is 22.0 Å². The minimum atomic E-state index is -0.421. The second kappa shape index (κ2) is 12.2. The van der Waals surface area contributed by atoms with Gasteiger partial charge in [-0.05, 0) is 41.4 Å². The molecule has 1 saturated heterocycles. The molecule has 3 aromatic heterocycles. The van der Waals surface area contributed by atoms with Crippen LogP contribution in [-0.4, -0.2) is 71.5 Å². The average Bonchev–Trinajstić information content (AvgIpc) is 3.44. The van der Waals surface area contributed by atoms with Crippen LogP contribution in [0.1, 0.15) is 0 Å². The zero-order valence-corrected chi connectivity index (χ0v) is 26.4.